The topological polar surface area (TPSA) is 122 Å². The number of benzene rings is 1. The van der Waals surface area contributed by atoms with E-state index < -0.39 is 23.9 Å². The quantitative estimate of drug-likeness (QED) is 0.565. The van der Waals surface area contributed by atoms with Crippen molar-refractivity contribution in [1.29, 1.82) is 0 Å². The first-order valence-corrected chi connectivity index (χ1v) is 7.38. The van der Waals surface area contributed by atoms with Gasteiger partial charge in [-0.3, -0.25) is 4.79 Å². The van der Waals surface area contributed by atoms with Gasteiger partial charge in [0, 0.05) is 11.3 Å². The van der Waals surface area contributed by atoms with Crippen LogP contribution in [0.1, 0.15) is 12.8 Å². The molecule has 0 bridgehead atoms. The van der Waals surface area contributed by atoms with Crippen LogP contribution in [0.5, 0.6) is 0 Å². The first-order chi connectivity index (χ1) is 9.93. The summed E-state index contributed by atoms with van der Waals surface area (Å²) in [5.41, 5.74) is 5.55. The summed E-state index contributed by atoms with van der Waals surface area (Å²) in [5.74, 6) is -1.83. The van der Waals surface area contributed by atoms with Crippen molar-refractivity contribution >= 4 is 35.4 Å². The molecular formula is C13H17N3O4S. The van der Waals surface area contributed by atoms with Gasteiger partial charge in [-0.2, -0.15) is 0 Å². The van der Waals surface area contributed by atoms with Gasteiger partial charge < -0.3 is 21.5 Å². The van der Waals surface area contributed by atoms with Gasteiger partial charge in [-0.1, -0.05) is 12.1 Å². The van der Waals surface area contributed by atoms with Crippen molar-refractivity contribution in [3.63, 3.8) is 0 Å². The standard InChI is InChI=1S/C13H17N3O4S/c1-21-10-5-3-2-4-8(10)15-13(20)16-9(12(18)19)6-7-11(14)17/h2-5,9H,6-7H2,1H3,(H2,14,17)(H,18,19)(H2,15,16,20)/t9-/m0/s1. The summed E-state index contributed by atoms with van der Waals surface area (Å²) in [4.78, 5) is 34.4. The third-order valence-electron chi connectivity index (χ3n) is 2.64. The van der Waals surface area contributed by atoms with Gasteiger partial charge in [-0.25, -0.2) is 9.59 Å². The summed E-state index contributed by atoms with van der Waals surface area (Å²) in [6, 6.07) is 5.33. The number of primary amides is 1. The van der Waals surface area contributed by atoms with Crippen LogP contribution in [0.3, 0.4) is 0 Å². The van der Waals surface area contributed by atoms with E-state index in [1.54, 1.807) is 12.1 Å². The molecule has 0 fully saturated rings. The predicted octanol–water partition coefficient (Wildman–Crippen LogP) is 1.25. The number of thioether (sulfide) groups is 1. The van der Waals surface area contributed by atoms with Crippen molar-refractivity contribution in [3.05, 3.63) is 24.3 Å². The summed E-state index contributed by atoms with van der Waals surface area (Å²) in [5, 5.41) is 13.9. The number of aliphatic carboxylic acids is 1. The van der Waals surface area contributed by atoms with Crippen LogP contribution < -0.4 is 16.4 Å². The molecule has 0 aliphatic heterocycles. The van der Waals surface area contributed by atoms with Crippen LogP contribution in [0.25, 0.3) is 0 Å². The minimum atomic E-state index is -1.22. The molecule has 0 aromatic heterocycles. The number of nitrogens with one attached hydrogen (secondary N) is 2. The smallest absolute Gasteiger partial charge is 0.326 e. The Labute approximate surface area is 126 Å². The molecule has 0 saturated carbocycles. The molecular weight excluding hydrogens is 294 g/mol. The van der Waals surface area contributed by atoms with Gasteiger partial charge in [0.05, 0.1) is 5.69 Å². The lowest BCUT2D eigenvalue weighted by atomic mass is 10.1. The Bertz CT molecular complexity index is 536. The van der Waals surface area contributed by atoms with Crippen molar-refractivity contribution < 1.29 is 19.5 Å². The molecule has 114 valence electrons. The number of nitrogens with two attached hydrogens (primary N) is 1. The molecule has 0 aliphatic carbocycles. The van der Waals surface area contributed by atoms with Crippen LogP contribution in [0, 0.1) is 0 Å². The van der Waals surface area contributed by atoms with Gasteiger partial charge >= 0.3 is 12.0 Å². The molecule has 0 unspecified atom stereocenters. The van der Waals surface area contributed by atoms with Gasteiger partial charge in [-0.05, 0) is 24.8 Å². The number of anilines is 1. The van der Waals surface area contributed by atoms with E-state index in [1.165, 1.54) is 11.8 Å². The average molecular weight is 311 g/mol. The molecule has 0 spiro atoms. The van der Waals surface area contributed by atoms with Crippen molar-refractivity contribution in [2.24, 2.45) is 5.73 Å². The van der Waals surface area contributed by atoms with E-state index in [9.17, 15) is 14.4 Å². The van der Waals surface area contributed by atoms with E-state index in [-0.39, 0.29) is 12.8 Å². The number of hydrogen-bond acceptors (Lipinski definition) is 4. The van der Waals surface area contributed by atoms with E-state index in [4.69, 9.17) is 10.8 Å². The third-order valence-corrected chi connectivity index (χ3v) is 3.43. The lowest BCUT2D eigenvalue weighted by molar-refractivity contribution is -0.139. The third kappa shape index (κ3) is 5.74. The molecule has 0 aliphatic rings. The van der Waals surface area contributed by atoms with Gasteiger partial charge in [0.1, 0.15) is 6.04 Å². The average Bonchev–Trinajstić information content (AvgIpc) is 2.43. The second-order valence-electron chi connectivity index (χ2n) is 4.19. The van der Waals surface area contributed by atoms with Crippen molar-refractivity contribution in [2.45, 2.75) is 23.8 Å². The summed E-state index contributed by atoms with van der Waals surface area (Å²) >= 11 is 1.46. The van der Waals surface area contributed by atoms with Crippen LogP contribution in [0.2, 0.25) is 0 Å². The van der Waals surface area contributed by atoms with Crippen LogP contribution in [0.15, 0.2) is 29.2 Å². The number of carbonyl (C=O) groups excluding carboxylic acids is 2. The zero-order valence-corrected chi connectivity index (χ0v) is 12.3. The number of para-hydroxylation sites is 1. The van der Waals surface area contributed by atoms with Gasteiger partial charge in [0.25, 0.3) is 0 Å². The minimum absolute atomic E-state index is 0.0533. The van der Waals surface area contributed by atoms with Crippen LogP contribution in [-0.4, -0.2) is 35.3 Å². The number of amides is 3. The molecule has 1 atom stereocenters. The Kier molecular flexibility index (Phi) is 6.54. The lowest BCUT2D eigenvalue weighted by Gasteiger charge is -2.15. The van der Waals surface area contributed by atoms with E-state index >= 15 is 0 Å². The number of carbonyl (C=O) groups is 3. The molecule has 21 heavy (non-hydrogen) atoms. The summed E-state index contributed by atoms with van der Waals surface area (Å²) < 4.78 is 0. The summed E-state index contributed by atoms with van der Waals surface area (Å²) in [7, 11) is 0. The molecule has 1 rings (SSSR count). The Hall–Kier alpha value is -2.22. The fraction of sp³-hybridized carbons (Fsp3) is 0.308. The summed E-state index contributed by atoms with van der Waals surface area (Å²) in [6.07, 6.45) is 1.70. The van der Waals surface area contributed by atoms with E-state index in [2.05, 4.69) is 10.6 Å². The Morgan fingerprint density at radius 2 is 2.00 bits per heavy atom. The highest BCUT2D eigenvalue weighted by atomic mass is 32.2. The highest BCUT2D eigenvalue weighted by Crippen LogP contribution is 2.24. The maximum atomic E-state index is 11.8. The number of rotatable bonds is 7. The molecule has 0 heterocycles. The van der Waals surface area contributed by atoms with Crippen molar-refractivity contribution in [1.82, 2.24) is 5.32 Å². The molecule has 5 N–H and O–H groups in total. The Balaban J connectivity index is 2.65. The van der Waals surface area contributed by atoms with Gasteiger partial charge in [-0.15, -0.1) is 11.8 Å². The van der Waals surface area contributed by atoms with Gasteiger partial charge in [0.15, 0.2) is 0 Å². The maximum absolute atomic E-state index is 11.8. The Morgan fingerprint density at radius 3 is 2.57 bits per heavy atom. The zero-order valence-electron chi connectivity index (χ0n) is 11.5. The van der Waals surface area contributed by atoms with Crippen molar-refractivity contribution in [3.8, 4) is 0 Å². The van der Waals surface area contributed by atoms with Crippen LogP contribution in [0.4, 0.5) is 10.5 Å². The number of carboxylic acids is 1. The zero-order chi connectivity index (χ0) is 15.8. The molecule has 7 nitrogen and oxygen atoms in total. The maximum Gasteiger partial charge on any atom is 0.326 e. The van der Waals surface area contributed by atoms with E-state index in [0.717, 1.165) is 4.90 Å². The molecule has 0 radical (unpaired) electrons. The largest absolute Gasteiger partial charge is 0.480 e. The van der Waals surface area contributed by atoms with Crippen LogP contribution in [-0.2, 0) is 9.59 Å². The summed E-state index contributed by atoms with van der Waals surface area (Å²) in [6.45, 7) is 0. The van der Waals surface area contributed by atoms with Crippen LogP contribution >= 0.6 is 11.8 Å². The normalized spacial score (nSPS) is 11.5. The number of hydrogen-bond donors (Lipinski definition) is 4. The van der Waals surface area contributed by atoms with Crippen molar-refractivity contribution in [2.75, 3.05) is 11.6 Å². The molecule has 0 saturated heterocycles. The fourth-order valence-corrected chi connectivity index (χ4v) is 2.16. The van der Waals surface area contributed by atoms with E-state index in [0.29, 0.717) is 5.69 Å². The SMILES string of the molecule is CSc1ccccc1NC(=O)N[C@@H](CCC(N)=O)C(=O)O. The molecule has 1 aromatic carbocycles. The monoisotopic (exact) mass is 311 g/mol. The minimum Gasteiger partial charge on any atom is -0.480 e. The highest BCUT2D eigenvalue weighted by molar-refractivity contribution is 7.98. The fourth-order valence-electron chi connectivity index (χ4n) is 1.61. The lowest BCUT2D eigenvalue weighted by Crippen LogP contribution is -2.43. The number of urea groups is 1. The highest BCUT2D eigenvalue weighted by Gasteiger charge is 2.20. The molecule has 1 aromatic rings. The van der Waals surface area contributed by atoms with Gasteiger partial charge in [0.2, 0.25) is 5.91 Å². The molecule has 3 amide bonds. The second kappa shape index (κ2) is 8.15. The Morgan fingerprint density at radius 1 is 1.33 bits per heavy atom. The first-order valence-electron chi connectivity index (χ1n) is 6.15. The molecule has 8 heteroatoms. The predicted molar refractivity (Wildman–Crippen MR) is 80.2 cm³/mol. The second-order valence-corrected chi connectivity index (χ2v) is 5.04. The van der Waals surface area contributed by atoms with E-state index in [1.807, 2.05) is 18.4 Å². The number of carboxylic acid groups (broad SMARTS) is 1. The first kappa shape index (κ1) is 16.8.